The molecule has 1 aliphatic heterocycles. The number of fused-ring (bicyclic) bond motifs is 1. The molecule has 0 bridgehead atoms. The number of nitrogens with zero attached hydrogens (tertiary/aromatic N) is 1. The number of rotatable bonds is 9. The molecule has 0 atom stereocenters. The summed E-state index contributed by atoms with van der Waals surface area (Å²) in [5.74, 6) is 0.355. The van der Waals surface area contributed by atoms with Gasteiger partial charge in [0.2, 0.25) is 22.7 Å². The van der Waals surface area contributed by atoms with E-state index in [1.807, 2.05) is 0 Å². The molecule has 0 fully saturated rings. The minimum atomic E-state index is -3.55. The molecular weight excluding hydrogens is 424 g/mol. The third kappa shape index (κ3) is 5.88. The van der Waals surface area contributed by atoms with Gasteiger partial charge in [-0.05, 0) is 49.7 Å². The fourth-order valence-corrected chi connectivity index (χ4v) is 3.99. The van der Waals surface area contributed by atoms with Crippen molar-refractivity contribution in [3.8, 4) is 11.5 Å². The van der Waals surface area contributed by atoms with Crippen molar-refractivity contribution < 1.29 is 32.2 Å². The fraction of sp³-hybridized carbons (Fsp3) is 0.333. The zero-order chi connectivity index (χ0) is 22.4. The third-order valence-electron chi connectivity index (χ3n) is 4.49. The lowest BCUT2D eigenvalue weighted by molar-refractivity contribution is -0.116. The monoisotopic (exact) mass is 448 g/mol. The Morgan fingerprint density at radius 1 is 1.10 bits per heavy atom. The first kappa shape index (κ1) is 22.4. The Hall–Kier alpha value is -3.27. The van der Waals surface area contributed by atoms with Crippen LogP contribution in [-0.2, 0) is 19.6 Å². The SMILES string of the molecule is CCOC(=O)c1ccc(NC(=O)CCCN(c2ccc3c(c2)OCO3)S(C)(=O)=O)cc1. The van der Waals surface area contributed by atoms with Gasteiger partial charge in [0.25, 0.3) is 0 Å². The number of carbonyl (C=O) groups is 2. The maximum atomic E-state index is 12.2. The first-order valence-electron chi connectivity index (χ1n) is 9.72. The zero-order valence-electron chi connectivity index (χ0n) is 17.3. The summed E-state index contributed by atoms with van der Waals surface area (Å²) < 4.78 is 41.2. The standard InChI is InChI=1S/C21H24N2O7S/c1-3-28-21(25)15-6-8-16(9-7-15)22-20(24)5-4-12-23(31(2,26)27)17-10-11-18-19(13-17)30-14-29-18/h6-11,13H,3-5,12,14H2,1-2H3,(H,22,24). The molecule has 0 saturated carbocycles. The summed E-state index contributed by atoms with van der Waals surface area (Å²) in [5.41, 5.74) is 1.38. The van der Waals surface area contributed by atoms with Gasteiger partial charge < -0.3 is 19.5 Å². The number of carbonyl (C=O) groups excluding carboxylic acids is 2. The average Bonchev–Trinajstić information content (AvgIpc) is 3.19. The minimum absolute atomic E-state index is 0.0958. The molecule has 0 saturated heterocycles. The molecule has 2 aromatic carbocycles. The van der Waals surface area contributed by atoms with Gasteiger partial charge in [-0.2, -0.15) is 0 Å². The largest absolute Gasteiger partial charge is 0.462 e. The molecule has 0 aliphatic carbocycles. The summed E-state index contributed by atoms with van der Waals surface area (Å²) in [5, 5.41) is 2.73. The molecule has 0 unspecified atom stereocenters. The number of anilines is 2. The summed E-state index contributed by atoms with van der Waals surface area (Å²) in [4.78, 5) is 23.9. The Morgan fingerprint density at radius 2 is 1.81 bits per heavy atom. The van der Waals surface area contributed by atoms with Gasteiger partial charge in [0.05, 0.1) is 24.1 Å². The van der Waals surface area contributed by atoms with E-state index in [9.17, 15) is 18.0 Å². The second kappa shape index (κ2) is 9.69. The van der Waals surface area contributed by atoms with E-state index in [0.717, 1.165) is 6.26 Å². The number of ether oxygens (including phenoxy) is 3. The predicted molar refractivity (Wildman–Crippen MR) is 115 cm³/mol. The van der Waals surface area contributed by atoms with Crippen LogP contribution in [0.1, 0.15) is 30.1 Å². The van der Waals surface area contributed by atoms with Gasteiger partial charge in [-0.15, -0.1) is 0 Å². The second-order valence-electron chi connectivity index (χ2n) is 6.82. The predicted octanol–water partition coefficient (Wildman–Crippen LogP) is 2.78. The molecule has 3 rings (SSSR count). The van der Waals surface area contributed by atoms with Crippen LogP contribution < -0.4 is 19.1 Å². The van der Waals surface area contributed by atoms with E-state index in [-0.39, 0.29) is 32.3 Å². The second-order valence-corrected chi connectivity index (χ2v) is 8.73. The Labute approximate surface area is 181 Å². The van der Waals surface area contributed by atoms with Gasteiger partial charge >= 0.3 is 5.97 Å². The van der Waals surface area contributed by atoms with Crippen LogP contribution in [0.4, 0.5) is 11.4 Å². The molecule has 31 heavy (non-hydrogen) atoms. The van der Waals surface area contributed by atoms with E-state index in [1.165, 1.54) is 4.31 Å². The number of esters is 1. The van der Waals surface area contributed by atoms with Gasteiger partial charge in [0.1, 0.15) is 0 Å². The molecule has 0 radical (unpaired) electrons. The molecule has 1 heterocycles. The van der Waals surface area contributed by atoms with Crippen LogP contribution in [0.5, 0.6) is 11.5 Å². The summed E-state index contributed by atoms with van der Waals surface area (Å²) in [7, 11) is -3.55. The Kier molecular flexibility index (Phi) is 7.01. The lowest BCUT2D eigenvalue weighted by Gasteiger charge is -2.22. The smallest absolute Gasteiger partial charge is 0.338 e. The number of hydrogen-bond acceptors (Lipinski definition) is 7. The van der Waals surface area contributed by atoms with E-state index in [1.54, 1.807) is 49.4 Å². The van der Waals surface area contributed by atoms with Crippen LogP contribution in [0.25, 0.3) is 0 Å². The van der Waals surface area contributed by atoms with Gasteiger partial charge in [-0.25, -0.2) is 13.2 Å². The van der Waals surface area contributed by atoms with Gasteiger partial charge in [-0.1, -0.05) is 0 Å². The number of benzene rings is 2. The fourth-order valence-electron chi connectivity index (χ4n) is 3.04. The number of amides is 1. The summed E-state index contributed by atoms with van der Waals surface area (Å²) in [6.45, 7) is 2.24. The molecule has 1 aliphatic rings. The van der Waals surface area contributed by atoms with E-state index in [0.29, 0.717) is 34.9 Å². The molecular formula is C21H24N2O7S. The summed E-state index contributed by atoms with van der Waals surface area (Å²) in [6.07, 6.45) is 1.55. The Bertz CT molecular complexity index is 1050. The van der Waals surface area contributed by atoms with Gasteiger partial charge in [-0.3, -0.25) is 9.10 Å². The molecule has 166 valence electrons. The Balaban J connectivity index is 1.56. The molecule has 9 nitrogen and oxygen atoms in total. The highest BCUT2D eigenvalue weighted by molar-refractivity contribution is 7.92. The van der Waals surface area contributed by atoms with Crippen molar-refractivity contribution in [3.05, 3.63) is 48.0 Å². The van der Waals surface area contributed by atoms with Crippen LogP contribution in [0, 0.1) is 0 Å². The highest BCUT2D eigenvalue weighted by Gasteiger charge is 2.21. The highest BCUT2D eigenvalue weighted by Crippen LogP contribution is 2.36. The van der Waals surface area contributed by atoms with Crippen molar-refractivity contribution in [2.24, 2.45) is 0 Å². The first-order valence-corrected chi connectivity index (χ1v) is 11.6. The van der Waals surface area contributed by atoms with E-state index < -0.39 is 16.0 Å². The van der Waals surface area contributed by atoms with E-state index in [2.05, 4.69) is 5.32 Å². The number of hydrogen-bond donors (Lipinski definition) is 1. The van der Waals surface area contributed by atoms with Crippen molar-refractivity contribution in [3.63, 3.8) is 0 Å². The van der Waals surface area contributed by atoms with Crippen molar-refractivity contribution in [2.75, 3.05) is 35.8 Å². The first-order chi connectivity index (χ1) is 14.8. The van der Waals surface area contributed by atoms with Crippen molar-refractivity contribution in [2.45, 2.75) is 19.8 Å². The van der Waals surface area contributed by atoms with Crippen LogP contribution >= 0.6 is 0 Å². The number of sulfonamides is 1. The molecule has 0 aromatic heterocycles. The number of nitrogens with one attached hydrogen (secondary N) is 1. The molecule has 10 heteroatoms. The van der Waals surface area contributed by atoms with Crippen LogP contribution in [0.2, 0.25) is 0 Å². The lowest BCUT2D eigenvalue weighted by atomic mass is 10.2. The van der Waals surface area contributed by atoms with Crippen molar-refractivity contribution >= 4 is 33.3 Å². The molecule has 1 amide bonds. The highest BCUT2D eigenvalue weighted by atomic mass is 32.2. The lowest BCUT2D eigenvalue weighted by Crippen LogP contribution is -2.31. The van der Waals surface area contributed by atoms with E-state index in [4.69, 9.17) is 14.2 Å². The molecule has 1 N–H and O–H groups in total. The average molecular weight is 448 g/mol. The van der Waals surface area contributed by atoms with Crippen molar-refractivity contribution in [1.29, 1.82) is 0 Å². The van der Waals surface area contributed by atoms with Gasteiger partial charge in [0.15, 0.2) is 11.5 Å². The Morgan fingerprint density at radius 3 is 2.48 bits per heavy atom. The van der Waals surface area contributed by atoms with Crippen LogP contribution in [-0.4, -0.2) is 46.5 Å². The van der Waals surface area contributed by atoms with Gasteiger partial charge in [0, 0.05) is 24.7 Å². The quantitative estimate of drug-likeness (QED) is 0.587. The normalized spacial score (nSPS) is 12.3. The van der Waals surface area contributed by atoms with Crippen LogP contribution in [0.3, 0.4) is 0 Å². The zero-order valence-corrected chi connectivity index (χ0v) is 18.1. The third-order valence-corrected chi connectivity index (χ3v) is 5.68. The minimum Gasteiger partial charge on any atom is -0.462 e. The topological polar surface area (TPSA) is 111 Å². The maximum absolute atomic E-state index is 12.2. The molecule has 0 spiro atoms. The van der Waals surface area contributed by atoms with Crippen molar-refractivity contribution in [1.82, 2.24) is 0 Å². The molecule has 2 aromatic rings. The summed E-state index contributed by atoms with van der Waals surface area (Å²) in [6, 6.07) is 11.3. The summed E-state index contributed by atoms with van der Waals surface area (Å²) >= 11 is 0. The maximum Gasteiger partial charge on any atom is 0.338 e. The van der Waals surface area contributed by atoms with E-state index >= 15 is 0 Å². The van der Waals surface area contributed by atoms with Crippen LogP contribution in [0.15, 0.2) is 42.5 Å².